The molecule has 1 aliphatic heterocycles. The van der Waals surface area contributed by atoms with Gasteiger partial charge in [0.05, 0.1) is 7.11 Å². The monoisotopic (exact) mass is 262 g/mol. The Bertz CT molecular complexity index is 369. The van der Waals surface area contributed by atoms with Gasteiger partial charge in [-0.1, -0.05) is 25.5 Å². The third kappa shape index (κ3) is 3.95. The largest absolute Gasteiger partial charge is 0.497 e. The summed E-state index contributed by atoms with van der Waals surface area (Å²) in [5.41, 5.74) is 7.50. The minimum absolute atomic E-state index is 0.101. The highest BCUT2D eigenvalue weighted by molar-refractivity contribution is 5.29. The summed E-state index contributed by atoms with van der Waals surface area (Å²) in [6, 6.07) is 8.21. The Morgan fingerprint density at radius 1 is 1.26 bits per heavy atom. The SMILES string of the molecule is CCC1CCN(CC(N)c2ccc(OC)cc2)CC1. The zero-order valence-electron chi connectivity index (χ0n) is 12.1. The van der Waals surface area contributed by atoms with Crippen LogP contribution < -0.4 is 10.5 Å². The van der Waals surface area contributed by atoms with Crippen molar-refractivity contribution in [2.24, 2.45) is 11.7 Å². The number of ether oxygens (including phenoxy) is 1. The van der Waals surface area contributed by atoms with Crippen molar-refractivity contribution in [2.45, 2.75) is 32.2 Å². The van der Waals surface area contributed by atoms with E-state index in [-0.39, 0.29) is 6.04 Å². The molecule has 1 heterocycles. The lowest BCUT2D eigenvalue weighted by Gasteiger charge is -2.33. The standard InChI is InChI=1S/C16H26N2O/c1-3-13-8-10-18(11-9-13)12-16(17)14-4-6-15(19-2)7-5-14/h4-7,13,16H,3,8-12,17H2,1-2H3. The van der Waals surface area contributed by atoms with Gasteiger partial charge < -0.3 is 15.4 Å². The van der Waals surface area contributed by atoms with E-state index in [2.05, 4.69) is 24.0 Å². The number of likely N-dealkylation sites (tertiary alicyclic amines) is 1. The number of hydrogen-bond acceptors (Lipinski definition) is 3. The molecule has 2 rings (SSSR count). The second-order valence-electron chi connectivity index (χ2n) is 5.53. The highest BCUT2D eigenvalue weighted by atomic mass is 16.5. The van der Waals surface area contributed by atoms with Crippen LogP contribution in [0.1, 0.15) is 37.8 Å². The number of nitrogens with zero attached hydrogens (tertiary/aromatic N) is 1. The minimum atomic E-state index is 0.101. The number of methoxy groups -OCH3 is 1. The second kappa shape index (κ2) is 6.92. The molecule has 19 heavy (non-hydrogen) atoms. The van der Waals surface area contributed by atoms with Gasteiger partial charge in [0.2, 0.25) is 0 Å². The Morgan fingerprint density at radius 2 is 1.89 bits per heavy atom. The lowest BCUT2D eigenvalue weighted by atomic mass is 9.94. The molecule has 1 aromatic carbocycles. The van der Waals surface area contributed by atoms with E-state index >= 15 is 0 Å². The van der Waals surface area contributed by atoms with Gasteiger partial charge in [0, 0.05) is 12.6 Å². The van der Waals surface area contributed by atoms with Crippen molar-refractivity contribution in [2.75, 3.05) is 26.7 Å². The first kappa shape index (κ1) is 14.4. The predicted molar refractivity (Wildman–Crippen MR) is 79.4 cm³/mol. The Balaban J connectivity index is 1.85. The van der Waals surface area contributed by atoms with E-state index < -0.39 is 0 Å². The summed E-state index contributed by atoms with van der Waals surface area (Å²) in [5.74, 6) is 1.81. The van der Waals surface area contributed by atoms with Crippen molar-refractivity contribution < 1.29 is 4.74 Å². The summed E-state index contributed by atoms with van der Waals surface area (Å²) in [4.78, 5) is 2.50. The molecule has 106 valence electrons. The fraction of sp³-hybridized carbons (Fsp3) is 0.625. The molecule has 1 atom stereocenters. The molecule has 1 aromatic rings. The first-order valence-electron chi connectivity index (χ1n) is 7.34. The lowest BCUT2D eigenvalue weighted by molar-refractivity contribution is 0.173. The molecule has 3 nitrogen and oxygen atoms in total. The molecule has 1 aliphatic rings. The van der Waals surface area contributed by atoms with Crippen LogP contribution in [0.4, 0.5) is 0 Å². The molecule has 0 saturated carbocycles. The van der Waals surface area contributed by atoms with Gasteiger partial charge in [-0.25, -0.2) is 0 Å². The molecule has 0 spiro atoms. The van der Waals surface area contributed by atoms with Gasteiger partial charge in [-0.15, -0.1) is 0 Å². The number of hydrogen-bond donors (Lipinski definition) is 1. The van der Waals surface area contributed by atoms with Crippen LogP contribution in [0.15, 0.2) is 24.3 Å². The average molecular weight is 262 g/mol. The van der Waals surface area contributed by atoms with Gasteiger partial charge in [-0.05, 0) is 49.5 Å². The van der Waals surface area contributed by atoms with Crippen molar-refractivity contribution in [1.82, 2.24) is 4.90 Å². The summed E-state index contributed by atoms with van der Waals surface area (Å²) >= 11 is 0. The van der Waals surface area contributed by atoms with Crippen LogP contribution in [0.25, 0.3) is 0 Å². The van der Waals surface area contributed by atoms with Crippen molar-refractivity contribution in [1.29, 1.82) is 0 Å². The van der Waals surface area contributed by atoms with Crippen LogP contribution in [0, 0.1) is 5.92 Å². The van der Waals surface area contributed by atoms with Gasteiger partial charge in [0.15, 0.2) is 0 Å². The molecule has 2 N–H and O–H groups in total. The zero-order valence-corrected chi connectivity index (χ0v) is 12.1. The zero-order chi connectivity index (χ0) is 13.7. The molecule has 0 aromatic heterocycles. The van der Waals surface area contributed by atoms with E-state index in [4.69, 9.17) is 10.5 Å². The van der Waals surface area contributed by atoms with Gasteiger partial charge in [0.25, 0.3) is 0 Å². The summed E-state index contributed by atoms with van der Waals surface area (Å²) in [5, 5.41) is 0. The van der Waals surface area contributed by atoms with Crippen LogP contribution in [0.5, 0.6) is 5.75 Å². The van der Waals surface area contributed by atoms with Gasteiger partial charge in [-0.2, -0.15) is 0 Å². The van der Waals surface area contributed by atoms with Crippen LogP contribution in [0.2, 0.25) is 0 Å². The Hall–Kier alpha value is -1.06. The summed E-state index contributed by atoms with van der Waals surface area (Å²) in [6.07, 6.45) is 3.97. The highest BCUT2D eigenvalue weighted by Gasteiger charge is 2.19. The van der Waals surface area contributed by atoms with Crippen LogP contribution in [0.3, 0.4) is 0 Å². The third-order valence-corrected chi connectivity index (χ3v) is 4.28. The van der Waals surface area contributed by atoms with Gasteiger partial charge >= 0.3 is 0 Å². The summed E-state index contributed by atoms with van der Waals surface area (Å²) in [7, 11) is 1.69. The van der Waals surface area contributed by atoms with E-state index in [0.29, 0.717) is 0 Å². The molecule has 1 fully saturated rings. The second-order valence-corrected chi connectivity index (χ2v) is 5.53. The molecule has 1 unspecified atom stereocenters. The van der Waals surface area contributed by atoms with Gasteiger partial charge in [0.1, 0.15) is 5.75 Å². The summed E-state index contributed by atoms with van der Waals surface area (Å²) in [6.45, 7) is 5.65. The molecule has 0 aliphatic carbocycles. The maximum atomic E-state index is 6.30. The molecule has 3 heteroatoms. The van der Waals surface area contributed by atoms with Crippen molar-refractivity contribution in [3.63, 3.8) is 0 Å². The van der Waals surface area contributed by atoms with Crippen molar-refractivity contribution >= 4 is 0 Å². The average Bonchev–Trinajstić information content (AvgIpc) is 2.48. The Kier molecular flexibility index (Phi) is 5.23. The molecule has 0 amide bonds. The third-order valence-electron chi connectivity index (χ3n) is 4.28. The lowest BCUT2D eigenvalue weighted by Crippen LogP contribution is -2.38. The number of nitrogens with two attached hydrogens (primary N) is 1. The van der Waals surface area contributed by atoms with Crippen LogP contribution >= 0.6 is 0 Å². The maximum Gasteiger partial charge on any atom is 0.118 e. The van der Waals surface area contributed by atoms with Crippen molar-refractivity contribution in [3.05, 3.63) is 29.8 Å². The Morgan fingerprint density at radius 3 is 2.42 bits per heavy atom. The molecule has 1 saturated heterocycles. The summed E-state index contributed by atoms with van der Waals surface area (Å²) < 4.78 is 5.17. The van der Waals surface area contributed by atoms with E-state index in [1.54, 1.807) is 7.11 Å². The van der Waals surface area contributed by atoms with Crippen LogP contribution in [-0.4, -0.2) is 31.6 Å². The number of benzene rings is 1. The van der Waals surface area contributed by atoms with E-state index in [1.807, 2.05) is 12.1 Å². The van der Waals surface area contributed by atoms with E-state index in [9.17, 15) is 0 Å². The minimum Gasteiger partial charge on any atom is -0.497 e. The fourth-order valence-corrected chi connectivity index (χ4v) is 2.81. The van der Waals surface area contributed by atoms with E-state index in [0.717, 1.165) is 18.2 Å². The maximum absolute atomic E-state index is 6.30. The Labute approximate surface area is 116 Å². The quantitative estimate of drug-likeness (QED) is 0.887. The first-order valence-corrected chi connectivity index (χ1v) is 7.34. The van der Waals surface area contributed by atoms with Crippen LogP contribution in [-0.2, 0) is 0 Å². The van der Waals surface area contributed by atoms with Gasteiger partial charge in [-0.3, -0.25) is 0 Å². The topological polar surface area (TPSA) is 38.5 Å². The highest BCUT2D eigenvalue weighted by Crippen LogP contribution is 2.22. The van der Waals surface area contributed by atoms with Crippen molar-refractivity contribution in [3.8, 4) is 5.75 Å². The number of piperidine rings is 1. The molecular weight excluding hydrogens is 236 g/mol. The smallest absolute Gasteiger partial charge is 0.118 e. The molecule has 0 bridgehead atoms. The first-order chi connectivity index (χ1) is 9.22. The normalized spacial score (nSPS) is 19.3. The molecule has 0 radical (unpaired) electrons. The number of rotatable bonds is 5. The fourth-order valence-electron chi connectivity index (χ4n) is 2.81. The molecular formula is C16H26N2O. The predicted octanol–water partition coefficient (Wildman–Crippen LogP) is 2.82. The van der Waals surface area contributed by atoms with E-state index in [1.165, 1.54) is 37.9 Å².